The summed E-state index contributed by atoms with van der Waals surface area (Å²) < 4.78 is 25.1. The van der Waals surface area contributed by atoms with Crippen LogP contribution in [0.2, 0.25) is 0 Å². The maximum absolute atomic E-state index is 6.44. The maximum atomic E-state index is 6.44. The monoisotopic (exact) mass is 760 g/mol. The minimum Gasteiger partial charge on any atom is -0.456 e. The number of hydrogen-bond acceptors (Lipinski definition) is 8. The van der Waals surface area contributed by atoms with Crippen LogP contribution in [0.4, 0.5) is 17.3 Å². The van der Waals surface area contributed by atoms with E-state index in [0.717, 1.165) is 110 Å². The first-order valence-corrected chi connectivity index (χ1v) is 19.4. The number of fused-ring (bicyclic) bond motifs is 12. The average molecular weight is 761 g/mol. The SMILES string of the molecule is c1ccc2c(c1)oc1cc(N(c3ccc4oc5ccccc5c4c3)c3nc(-c4ccc5oc6ccccc6c5c4)nc(-c4ccc5oc6ccccc6c5c4)n3)ccc12. The van der Waals surface area contributed by atoms with Gasteiger partial charge in [0.2, 0.25) is 5.95 Å². The lowest BCUT2D eigenvalue weighted by Crippen LogP contribution is -2.15. The molecule has 0 fully saturated rings. The van der Waals surface area contributed by atoms with Gasteiger partial charge in [0, 0.05) is 66.0 Å². The van der Waals surface area contributed by atoms with Gasteiger partial charge in [0.25, 0.3) is 0 Å². The van der Waals surface area contributed by atoms with Gasteiger partial charge in [-0.1, -0.05) is 72.8 Å². The molecule has 0 bridgehead atoms. The Morgan fingerprint density at radius 2 is 0.661 bits per heavy atom. The van der Waals surface area contributed by atoms with Crippen LogP contribution in [0.1, 0.15) is 0 Å². The van der Waals surface area contributed by atoms with Crippen molar-refractivity contribution < 1.29 is 17.7 Å². The van der Waals surface area contributed by atoms with Gasteiger partial charge in [-0.2, -0.15) is 9.97 Å². The largest absolute Gasteiger partial charge is 0.456 e. The Bertz CT molecular complexity index is 3700. The number of nitrogens with zero attached hydrogens (tertiary/aromatic N) is 4. The number of aromatic nitrogens is 3. The molecule has 5 heterocycles. The minimum absolute atomic E-state index is 0.432. The molecule has 0 amide bonds. The first-order chi connectivity index (χ1) is 29.2. The average Bonchev–Trinajstić information content (AvgIpc) is 4.05. The number of furan rings is 4. The number of hydrogen-bond donors (Lipinski definition) is 0. The van der Waals surface area contributed by atoms with E-state index in [1.807, 2.05) is 109 Å². The van der Waals surface area contributed by atoms with Crippen LogP contribution < -0.4 is 4.90 Å². The van der Waals surface area contributed by atoms with Crippen molar-refractivity contribution in [3.8, 4) is 22.8 Å². The Kier molecular flexibility index (Phi) is 6.56. The van der Waals surface area contributed by atoms with Crippen molar-refractivity contribution >= 4 is 105 Å². The molecule has 13 rings (SSSR count). The fraction of sp³-hybridized carbons (Fsp3) is 0. The highest BCUT2D eigenvalue weighted by Gasteiger charge is 2.23. The molecule has 5 aromatic heterocycles. The summed E-state index contributed by atoms with van der Waals surface area (Å²) in [5.41, 5.74) is 9.75. The van der Waals surface area contributed by atoms with Crippen LogP contribution in [0, 0.1) is 0 Å². The third kappa shape index (κ3) is 4.93. The summed E-state index contributed by atoms with van der Waals surface area (Å²) in [5.74, 6) is 1.46. The van der Waals surface area contributed by atoms with Crippen LogP contribution in [-0.2, 0) is 0 Å². The molecule has 8 nitrogen and oxygen atoms in total. The normalized spacial score (nSPS) is 12.1. The number of rotatable bonds is 5. The second-order valence-electron chi connectivity index (χ2n) is 14.8. The van der Waals surface area contributed by atoms with E-state index in [-0.39, 0.29) is 0 Å². The molecule has 0 aliphatic heterocycles. The predicted octanol–water partition coefficient (Wildman–Crippen LogP) is 14.3. The van der Waals surface area contributed by atoms with Crippen molar-refractivity contribution in [1.29, 1.82) is 0 Å². The molecule has 0 atom stereocenters. The van der Waals surface area contributed by atoms with Crippen LogP contribution in [0.15, 0.2) is 188 Å². The van der Waals surface area contributed by atoms with Crippen molar-refractivity contribution in [2.75, 3.05) is 4.90 Å². The molecule has 0 saturated heterocycles. The molecule has 0 aliphatic rings. The second kappa shape index (κ2) is 12.1. The van der Waals surface area contributed by atoms with Crippen molar-refractivity contribution in [3.63, 3.8) is 0 Å². The van der Waals surface area contributed by atoms with Gasteiger partial charge in [0.05, 0.1) is 5.69 Å². The quantitative estimate of drug-likeness (QED) is 0.171. The van der Waals surface area contributed by atoms with E-state index < -0.39 is 0 Å². The van der Waals surface area contributed by atoms with E-state index in [0.29, 0.717) is 17.6 Å². The molecule has 0 N–H and O–H groups in total. The van der Waals surface area contributed by atoms with E-state index in [1.165, 1.54) is 0 Å². The van der Waals surface area contributed by atoms with E-state index in [1.54, 1.807) is 0 Å². The van der Waals surface area contributed by atoms with E-state index >= 15 is 0 Å². The first-order valence-electron chi connectivity index (χ1n) is 19.4. The number of para-hydroxylation sites is 4. The zero-order valence-corrected chi connectivity index (χ0v) is 31.1. The van der Waals surface area contributed by atoms with Gasteiger partial charge >= 0.3 is 0 Å². The third-order valence-electron chi connectivity index (χ3n) is 11.3. The molecule has 0 unspecified atom stereocenters. The van der Waals surface area contributed by atoms with E-state index in [2.05, 4.69) is 65.6 Å². The molecule has 13 aromatic rings. The molecule has 0 aliphatic carbocycles. The third-order valence-corrected chi connectivity index (χ3v) is 11.3. The minimum atomic E-state index is 0.432. The summed E-state index contributed by atoms with van der Waals surface area (Å²) in [6, 6.07) is 57.0. The second-order valence-corrected chi connectivity index (χ2v) is 14.8. The fourth-order valence-electron chi connectivity index (χ4n) is 8.54. The molecule has 0 spiro atoms. The van der Waals surface area contributed by atoms with Crippen LogP contribution in [0.25, 0.3) is 111 Å². The van der Waals surface area contributed by atoms with Crippen molar-refractivity contribution in [3.05, 3.63) is 170 Å². The summed E-state index contributed by atoms with van der Waals surface area (Å²) in [6.07, 6.45) is 0. The Morgan fingerprint density at radius 3 is 1.19 bits per heavy atom. The fourth-order valence-corrected chi connectivity index (χ4v) is 8.54. The van der Waals surface area contributed by atoms with Gasteiger partial charge in [0.15, 0.2) is 11.6 Å². The van der Waals surface area contributed by atoms with Gasteiger partial charge in [-0.25, -0.2) is 4.98 Å². The molecule has 276 valence electrons. The van der Waals surface area contributed by atoms with Crippen LogP contribution in [0.3, 0.4) is 0 Å². The summed E-state index contributed by atoms with van der Waals surface area (Å²) >= 11 is 0. The first kappa shape index (κ1) is 31.9. The molecule has 8 heteroatoms. The molecular weight excluding hydrogens is 733 g/mol. The van der Waals surface area contributed by atoms with Gasteiger partial charge < -0.3 is 17.7 Å². The Balaban J connectivity index is 1.08. The Hall–Kier alpha value is -8.23. The van der Waals surface area contributed by atoms with Crippen molar-refractivity contribution in [1.82, 2.24) is 15.0 Å². The number of anilines is 3. The summed E-state index contributed by atoms with van der Waals surface area (Å²) in [5, 5.41) is 8.11. The number of benzene rings is 8. The molecular formula is C51H28N4O4. The Morgan fingerprint density at radius 1 is 0.288 bits per heavy atom. The highest BCUT2D eigenvalue weighted by atomic mass is 16.3. The van der Waals surface area contributed by atoms with Gasteiger partial charge in [-0.05, 0) is 91.0 Å². The summed E-state index contributed by atoms with van der Waals surface area (Å²) in [7, 11) is 0. The summed E-state index contributed by atoms with van der Waals surface area (Å²) in [6.45, 7) is 0. The lowest BCUT2D eigenvalue weighted by molar-refractivity contribution is 0.668. The predicted molar refractivity (Wildman–Crippen MR) is 234 cm³/mol. The lowest BCUT2D eigenvalue weighted by atomic mass is 10.1. The van der Waals surface area contributed by atoms with Crippen molar-refractivity contribution in [2.24, 2.45) is 0 Å². The zero-order valence-electron chi connectivity index (χ0n) is 31.1. The van der Waals surface area contributed by atoms with Gasteiger partial charge in [0.1, 0.15) is 44.7 Å². The van der Waals surface area contributed by atoms with Gasteiger partial charge in [-0.15, -0.1) is 0 Å². The topological polar surface area (TPSA) is 94.5 Å². The molecule has 0 radical (unpaired) electrons. The zero-order chi connectivity index (χ0) is 38.6. The van der Waals surface area contributed by atoms with E-state index in [9.17, 15) is 0 Å². The standard InChI is InChI=1S/C51H28N4O4/c1-5-13-41-33(9-1)37-21-19-32(28-48(37)59-41)55(31-20-24-47-40(27-31)36-12-4-8-16-44(36)58-47)51-53-49(29-17-22-45-38(25-29)34-10-2-6-14-42(34)56-45)52-50(54-51)30-18-23-46-39(26-30)35-11-3-7-15-43(35)57-46/h1-28H. The maximum Gasteiger partial charge on any atom is 0.238 e. The highest BCUT2D eigenvalue weighted by Crippen LogP contribution is 2.42. The lowest BCUT2D eigenvalue weighted by Gasteiger charge is -2.24. The molecule has 8 aromatic carbocycles. The molecule has 0 saturated carbocycles. The van der Waals surface area contributed by atoms with E-state index in [4.69, 9.17) is 32.6 Å². The van der Waals surface area contributed by atoms with Crippen LogP contribution in [0.5, 0.6) is 0 Å². The Labute approximate surface area is 334 Å². The van der Waals surface area contributed by atoms with Crippen molar-refractivity contribution in [2.45, 2.75) is 0 Å². The van der Waals surface area contributed by atoms with Crippen LogP contribution in [-0.4, -0.2) is 15.0 Å². The smallest absolute Gasteiger partial charge is 0.238 e. The molecule has 59 heavy (non-hydrogen) atoms. The van der Waals surface area contributed by atoms with Gasteiger partial charge in [-0.3, -0.25) is 4.90 Å². The highest BCUT2D eigenvalue weighted by molar-refractivity contribution is 6.09. The summed E-state index contributed by atoms with van der Waals surface area (Å²) in [4.78, 5) is 17.9. The van der Waals surface area contributed by atoms with Crippen LogP contribution >= 0.6 is 0 Å².